The number of Topliss-reactive ketones (excluding diaryl/α,β-unsaturated/α-hetero) is 1. The van der Waals surface area contributed by atoms with Crippen molar-refractivity contribution in [2.24, 2.45) is 5.41 Å². The van der Waals surface area contributed by atoms with Crippen molar-refractivity contribution >= 4 is 11.9 Å². The van der Waals surface area contributed by atoms with Crippen molar-refractivity contribution in [1.82, 2.24) is 4.90 Å². The molecule has 2 aliphatic rings. The molecule has 1 saturated carbocycles. The monoisotopic (exact) mass is 391 g/mol. The minimum absolute atomic E-state index is 0.117. The molecule has 0 bridgehead atoms. The third kappa shape index (κ3) is 4.41. The number of carbonyl (C=O) groups excluding carboxylic acids is 2. The quantitative estimate of drug-likeness (QED) is 0.661. The molecule has 7 heteroatoms. The van der Waals surface area contributed by atoms with Crippen LogP contribution in [0.5, 0.6) is 11.5 Å². The lowest BCUT2D eigenvalue weighted by atomic mass is 9.75. The molecule has 1 aliphatic carbocycles. The molecule has 0 spiro atoms. The van der Waals surface area contributed by atoms with E-state index in [9.17, 15) is 9.59 Å². The molecule has 1 amide bonds. The molecule has 0 saturated heterocycles. The molecule has 1 unspecified atom stereocenters. The number of ketones is 1. The Kier molecular flexibility index (Phi) is 6.44. The molecule has 1 aliphatic heterocycles. The van der Waals surface area contributed by atoms with Crippen molar-refractivity contribution in [1.29, 1.82) is 0 Å². The van der Waals surface area contributed by atoms with E-state index in [0.717, 1.165) is 25.7 Å². The van der Waals surface area contributed by atoms with Gasteiger partial charge in [0.2, 0.25) is 6.79 Å². The zero-order valence-electron chi connectivity index (χ0n) is 16.9. The first-order valence-corrected chi connectivity index (χ1v) is 9.78. The highest BCUT2D eigenvalue weighted by molar-refractivity contribution is 6.01. The summed E-state index contributed by atoms with van der Waals surface area (Å²) in [5, 5.41) is 0. The maximum absolute atomic E-state index is 12.8. The van der Waals surface area contributed by atoms with Crippen LogP contribution in [0.4, 0.5) is 4.79 Å². The summed E-state index contributed by atoms with van der Waals surface area (Å²) in [4.78, 5) is 26.7. The van der Waals surface area contributed by atoms with Gasteiger partial charge < -0.3 is 23.8 Å². The highest BCUT2D eigenvalue weighted by Gasteiger charge is 2.35. The number of hydrogen-bond donors (Lipinski definition) is 0. The number of methoxy groups -OCH3 is 1. The fraction of sp³-hybridized carbons (Fsp3) is 0.619. The lowest BCUT2D eigenvalue weighted by Gasteiger charge is -2.36. The number of benzene rings is 1. The Balaban J connectivity index is 1.59. The van der Waals surface area contributed by atoms with Gasteiger partial charge in [-0.05, 0) is 38.0 Å². The van der Waals surface area contributed by atoms with Crippen molar-refractivity contribution in [3.05, 3.63) is 23.8 Å². The van der Waals surface area contributed by atoms with Crippen LogP contribution in [0.3, 0.4) is 0 Å². The van der Waals surface area contributed by atoms with Crippen LogP contribution in [0, 0.1) is 5.41 Å². The number of rotatable bonds is 7. The molecule has 154 valence electrons. The van der Waals surface area contributed by atoms with Gasteiger partial charge in [0.05, 0.1) is 12.6 Å². The van der Waals surface area contributed by atoms with Crippen LogP contribution >= 0.6 is 0 Å². The maximum atomic E-state index is 12.8. The van der Waals surface area contributed by atoms with E-state index in [4.69, 9.17) is 18.9 Å². The zero-order valence-corrected chi connectivity index (χ0v) is 16.9. The second kappa shape index (κ2) is 8.82. The van der Waals surface area contributed by atoms with Crippen LogP contribution in [0.15, 0.2) is 18.2 Å². The predicted octanol–water partition coefficient (Wildman–Crippen LogP) is 3.65. The van der Waals surface area contributed by atoms with Crippen molar-refractivity contribution in [3.8, 4) is 11.5 Å². The molecule has 1 atom stereocenters. The highest BCUT2D eigenvalue weighted by Crippen LogP contribution is 2.37. The van der Waals surface area contributed by atoms with Crippen molar-refractivity contribution < 1.29 is 28.5 Å². The second-order valence-electron chi connectivity index (χ2n) is 7.77. The topological polar surface area (TPSA) is 74.3 Å². The van der Waals surface area contributed by atoms with Gasteiger partial charge in [-0.3, -0.25) is 4.79 Å². The molecule has 0 N–H and O–H groups in total. The minimum Gasteiger partial charge on any atom is -0.454 e. The van der Waals surface area contributed by atoms with Crippen LogP contribution in [-0.4, -0.2) is 57.0 Å². The van der Waals surface area contributed by atoms with Gasteiger partial charge in [0.25, 0.3) is 0 Å². The number of ether oxygens (including phenoxy) is 4. The fourth-order valence-electron chi connectivity index (χ4n) is 3.88. The van der Waals surface area contributed by atoms with Gasteiger partial charge in [0.15, 0.2) is 17.3 Å². The van der Waals surface area contributed by atoms with Gasteiger partial charge in [-0.2, -0.15) is 0 Å². The first kappa shape index (κ1) is 20.5. The Hall–Kier alpha value is -2.28. The highest BCUT2D eigenvalue weighted by atomic mass is 16.7. The fourth-order valence-corrected chi connectivity index (χ4v) is 3.88. The van der Waals surface area contributed by atoms with E-state index in [1.165, 1.54) is 11.3 Å². The standard InChI is InChI=1S/C21H29NO6/c1-15(19(23)16-7-8-17-18(11-16)28-14-27-17)22(2)20(24)26-13-21(12-25-3)9-5-4-6-10-21/h7-8,11,15H,4-6,9-10,12-14H2,1-3H3. The first-order chi connectivity index (χ1) is 13.5. The molecule has 7 nitrogen and oxygen atoms in total. The predicted molar refractivity (Wildman–Crippen MR) is 103 cm³/mol. The molecule has 0 radical (unpaired) electrons. The maximum Gasteiger partial charge on any atom is 0.410 e. The summed E-state index contributed by atoms with van der Waals surface area (Å²) in [6, 6.07) is 4.38. The largest absolute Gasteiger partial charge is 0.454 e. The van der Waals surface area contributed by atoms with Crippen LogP contribution in [-0.2, 0) is 9.47 Å². The number of carbonyl (C=O) groups is 2. The van der Waals surface area contributed by atoms with Crippen molar-refractivity contribution in [2.75, 3.05) is 34.2 Å². The van der Waals surface area contributed by atoms with Gasteiger partial charge in [0, 0.05) is 25.1 Å². The smallest absolute Gasteiger partial charge is 0.410 e. The zero-order chi connectivity index (χ0) is 20.1. The number of likely N-dealkylation sites (N-methyl/N-ethyl adjacent to an activating group) is 1. The number of hydrogen-bond acceptors (Lipinski definition) is 6. The minimum atomic E-state index is -0.655. The molecular weight excluding hydrogens is 362 g/mol. The number of nitrogens with zero attached hydrogens (tertiary/aromatic N) is 1. The number of fused-ring (bicyclic) bond motifs is 1. The van der Waals surface area contributed by atoms with Crippen LogP contribution in [0.1, 0.15) is 49.4 Å². The van der Waals surface area contributed by atoms with E-state index in [2.05, 4.69) is 0 Å². The molecule has 1 aromatic rings. The Bertz CT molecular complexity index is 707. The summed E-state index contributed by atoms with van der Waals surface area (Å²) < 4.78 is 21.6. The summed E-state index contributed by atoms with van der Waals surface area (Å²) in [7, 11) is 3.26. The second-order valence-corrected chi connectivity index (χ2v) is 7.77. The summed E-state index contributed by atoms with van der Waals surface area (Å²) in [6.45, 7) is 2.74. The molecule has 1 fully saturated rings. The molecule has 3 rings (SSSR count). The molecular formula is C21H29NO6. The SMILES string of the molecule is COCC1(COC(=O)N(C)C(C)C(=O)c2ccc3c(c2)OCO3)CCCCC1. The van der Waals surface area contributed by atoms with Gasteiger partial charge in [-0.1, -0.05) is 19.3 Å². The van der Waals surface area contributed by atoms with E-state index < -0.39 is 12.1 Å². The van der Waals surface area contributed by atoms with Crippen LogP contribution < -0.4 is 9.47 Å². The Morgan fingerprint density at radius 3 is 2.57 bits per heavy atom. The summed E-state index contributed by atoms with van der Waals surface area (Å²) >= 11 is 0. The third-order valence-electron chi connectivity index (χ3n) is 5.77. The average molecular weight is 391 g/mol. The van der Waals surface area contributed by atoms with Crippen LogP contribution in [0.2, 0.25) is 0 Å². The number of amides is 1. The van der Waals surface area contributed by atoms with Crippen molar-refractivity contribution in [3.63, 3.8) is 0 Å². The molecule has 1 heterocycles. The van der Waals surface area contributed by atoms with Gasteiger partial charge in [-0.25, -0.2) is 4.79 Å². The Morgan fingerprint density at radius 1 is 1.14 bits per heavy atom. The summed E-state index contributed by atoms with van der Waals surface area (Å²) in [5.74, 6) is 0.983. The molecule has 1 aromatic carbocycles. The lowest BCUT2D eigenvalue weighted by molar-refractivity contribution is -0.0136. The van der Waals surface area contributed by atoms with E-state index in [-0.39, 0.29) is 18.0 Å². The van der Waals surface area contributed by atoms with Gasteiger partial charge >= 0.3 is 6.09 Å². The Labute approximate surface area is 165 Å². The summed E-state index contributed by atoms with van der Waals surface area (Å²) in [6.07, 6.45) is 4.93. The third-order valence-corrected chi connectivity index (χ3v) is 5.77. The Morgan fingerprint density at radius 2 is 1.86 bits per heavy atom. The van der Waals surface area contributed by atoms with Crippen LogP contribution in [0.25, 0.3) is 0 Å². The van der Waals surface area contributed by atoms with E-state index >= 15 is 0 Å². The normalized spacial score (nSPS) is 18.4. The summed E-state index contributed by atoms with van der Waals surface area (Å²) in [5.41, 5.74) is 0.355. The molecule has 0 aromatic heterocycles. The average Bonchev–Trinajstić information content (AvgIpc) is 3.19. The lowest BCUT2D eigenvalue weighted by Crippen LogP contribution is -2.43. The van der Waals surface area contributed by atoms with Gasteiger partial charge in [-0.15, -0.1) is 0 Å². The van der Waals surface area contributed by atoms with E-state index in [0.29, 0.717) is 30.3 Å². The van der Waals surface area contributed by atoms with Gasteiger partial charge in [0.1, 0.15) is 6.61 Å². The first-order valence-electron chi connectivity index (χ1n) is 9.78. The molecule has 28 heavy (non-hydrogen) atoms. The van der Waals surface area contributed by atoms with E-state index in [1.807, 2.05) is 0 Å². The van der Waals surface area contributed by atoms with Crippen molar-refractivity contribution in [2.45, 2.75) is 45.1 Å². The van der Waals surface area contributed by atoms with E-state index in [1.54, 1.807) is 39.3 Å².